The molecule has 2 N–H and O–H groups in total. The Hall–Kier alpha value is -1.06. The number of methoxy groups -OCH3 is 1. The first-order valence-corrected chi connectivity index (χ1v) is 5.63. The fourth-order valence-corrected chi connectivity index (χ4v) is 1.71. The van der Waals surface area contributed by atoms with Crippen molar-refractivity contribution in [3.63, 3.8) is 0 Å². The Morgan fingerprint density at radius 2 is 2.06 bits per heavy atom. The van der Waals surface area contributed by atoms with Crippen LogP contribution in [0.2, 0.25) is 0 Å². The Kier molecular flexibility index (Phi) is 4.77. The van der Waals surface area contributed by atoms with Crippen LogP contribution in [0.3, 0.4) is 0 Å². The number of hydrogen-bond donors (Lipinski definition) is 1. The molecule has 0 saturated heterocycles. The molecular formula is C13H22N2O. The second-order valence-corrected chi connectivity index (χ2v) is 4.33. The van der Waals surface area contributed by atoms with Crippen molar-refractivity contribution in [2.24, 2.45) is 0 Å². The van der Waals surface area contributed by atoms with Gasteiger partial charge in [0.25, 0.3) is 0 Å². The number of hydrogen-bond acceptors (Lipinski definition) is 3. The van der Waals surface area contributed by atoms with Gasteiger partial charge in [0.2, 0.25) is 0 Å². The van der Waals surface area contributed by atoms with E-state index in [9.17, 15) is 0 Å². The van der Waals surface area contributed by atoms with Crippen LogP contribution in [0.25, 0.3) is 0 Å². The van der Waals surface area contributed by atoms with Gasteiger partial charge in [-0.15, -0.1) is 0 Å². The summed E-state index contributed by atoms with van der Waals surface area (Å²) in [6.07, 6.45) is 0.244. The lowest BCUT2D eigenvalue weighted by molar-refractivity contribution is 0.0740. The molecule has 0 aliphatic rings. The van der Waals surface area contributed by atoms with Crippen LogP contribution in [0.4, 0.5) is 5.69 Å². The Labute approximate surface area is 98.2 Å². The van der Waals surface area contributed by atoms with Crippen LogP contribution in [0, 0.1) is 0 Å². The first-order valence-electron chi connectivity index (χ1n) is 5.63. The maximum Gasteiger partial charge on any atom is 0.0670 e. The minimum Gasteiger partial charge on any atom is -0.399 e. The van der Waals surface area contributed by atoms with Crippen LogP contribution in [0.15, 0.2) is 24.3 Å². The molecule has 0 bridgehead atoms. The Balaban J connectivity index is 2.66. The molecule has 0 radical (unpaired) electrons. The van der Waals surface area contributed by atoms with Gasteiger partial charge in [-0.05, 0) is 38.6 Å². The third kappa shape index (κ3) is 3.51. The summed E-state index contributed by atoms with van der Waals surface area (Å²) >= 11 is 0. The Morgan fingerprint density at radius 3 is 2.62 bits per heavy atom. The van der Waals surface area contributed by atoms with Gasteiger partial charge in [0.1, 0.15) is 0 Å². The monoisotopic (exact) mass is 222 g/mol. The van der Waals surface area contributed by atoms with E-state index >= 15 is 0 Å². The van der Waals surface area contributed by atoms with Crippen molar-refractivity contribution in [2.75, 3.05) is 26.4 Å². The average molecular weight is 222 g/mol. The molecule has 16 heavy (non-hydrogen) atoms. The average Bonchev–Trinajstić information content (AvgIpc) is 2.27. The van der Waals surface area contributed by atoms with Gasteiger partial charge < -0.3 is 10.5 Å². The Bertz CT molecular complexity index is 327. The van der Waals surface area contributed by atoms with Crippen molar-refractivity contribution in [3.05, 3.63) is 29.8 Å². The predicted octanol–water partition coefficient (Wildman–Crippen LogP) is 2.30. The van der Waals surface area contributed by atoms with E-state index in [1.165, 1.54) is 5.56 Å². The van der Waals surface area contributed by atoms with Gasteiger partial charge in [0.15, 0.2) is 0 Å². The van der Waals surface area contributed by atoms with Gasteiger partial charge in [-0.25, -0.2) is 0 Å². The van der Waals surface area contributed by atoms with E-state index in [1.54, 1.807) is 7.11 Å². The van der Waals surface area contributed by atoms with Gasteiger partial charge in [-0.2, -0.15) is 0 Å². The molecule has 1 rings (SSSR count). The van der Waals surface area contributed by atoms with Crippen LogP contribution in [0.1, 0.15) is 25.5 Å². The van der Waals surface area contributed by atoms with Gasteiger partial charge in [0, 0.05) is 25.4 Å². The topological polar surface area (TPSA) is 38.5 Å². The highest BCUT2D eigenvalue weighted by Gasteiger charge is 2.13. The predicted molar refractivity (Wildman–Crippen MR) is 68.4 cm³/mol. The molecular weight excluding hydrogens is 200 g/mol. The van der Waals surface area contributed by atoms with Gasteiger partial charge in [0.05, 0.1) is 6.10 Å². The molecule has 3 heteroatoms. The highest BCUT2D eigenvalue weighted by molar-refractivity contribution is 5.41. The number of likely N-dealkylation sites (N-methyl/N-ethyl adjacent to an activating group) is 1. The lowest BCUT2D eigenvalue weighted by atomic mass is 10.1. The molecule has 0 saturated carbocycles. The van der Waals surface area contributed by atoms with Gasteiger partial charge in [-0.1, -0.05) is 12.1 Å². The standard InChI is InChI=1S/C13H22N2O/c1-10(16-4)9-15(3)11(2)12-6-5-7-13(14)8-12/h5-8,10-11H,9,14H2,1-4H3. The molecule has 0 amide bonds. The minimum absolute atomic E-state index is 0.244. The minimum atomic E-state index is 0.244. The van der Waals surface area contributed by atoms with Crippen LogP contribution in [-0.2, 0) is 4.74 Å². The molecule has 1 aromatic carbocycles. The fraction of sp³-hybridized carbons (Fsp3) is 0.538. The lowest BCUT2D eigenvalue weighted by Gasteiger charge is -2.27. The zero-order valence-electron chi connectivity index (χ0n) is 10.6. The number of anilines is 1. The van der Waals surface area contributed by atoms with Gasteiger partial charge in [-0.3, -0.25) is 4.90 Å². The smallest absolute Gasteiger partial charge is 0.0670 e. The van der Waals surface area contributed by atoms with Crippen molar-refractivity contribution in [1.29, 1.82) is 0 Å². The van der Waals surface area contributed by atoms with Gasteiger partial charge >= 0.3 is 0 Å². The Morgan fingerprint density at radius 1 is 1.38 bits per heavy atom. The molecule has 2 atom stereocenters. The largest absolute Gasteiger partial charge is 0.399 e. The molecule has 0 aliphatic heterocycles. The van der Waals surface area contributed by atoms with Crippen molar-refractivity contribution in [3.8, 4) is 0 Å². The summed E-state index contributed by atoms with van der Waals surface area (Å²) in [5.74, 6) is 0. The fourth-order valence-electron chi connectivity index (χ4n) is 1.71. The van der Waals surface area contributed by atoms with Crippen LogP contribution in [0.5, 0.6) is 0 Å². The van der Waals surface area contributed by atoms with Crippen LogP contribution < -0.4 is 5.73 Å². The van der Waals surface area contributed by atoms with Crippen molar-refractivity contribution >= 4 is 5.69 Å². The van der Waals surface area contributed by atoms with E-state index in [0.29, 0.717) is 6.04 Å². The lowest BCUT2D eigenvalue weighted by Crippen LogP contribution is -2.30. The highest BCUT2D eigenvalue weighted by Crippen LogP contribution is 2.20. The first kappa shape index (κ1) is 13.0. The van der Waals surface area contributed by atoms with E-state index in [4.69, 9.17) is 10.5 Å². The molecule has 3 nitrogen and oxygen atoms in total. The maximum atomic E-state index is 5.78. The van der Waals surface area contributed by atoms with E-state index in [-0.39, 0.29) is 6.10 Å². The van der Waals surface area contributed by atoms with E-state index < -0.39 is 0 Å². The summed E-state index contributed by atoms with van der Waals surface area (Å²) in [6, 6.07) is 8.39. The molecule has 0 aliphatic carbocycles. The summed E-state index contributed by atoms with van der Waals surface area (Å²) in [4.78, 5) is 2.27. The second-order valence-electron chi connectivity index (χ2n) is 4.33. The molecule has 1 aromatic rings. The first-order chi connectivity index (χ1) is 7.54. The summed E-state index contributed by atoms with van der Waals surface area (Å²) in [6.45, 7) is 5.16. The summed E-state index contributed by atoms with van der Waals surface area (Å²) < 4.78 is 5.26. The molecule has 0 heterocycles. The summed E-state index contributed by atoms with van der Waals surface area (Å²) in [5.41, 5.74) is 7.84. The second kappa shape index (κ2) is 5.87. The third-order valence-corrected chi connectivity index (χ3v) is 3.00. The van der Waals surface area contributed by atoms with E-state index in [0.717, 1.165) is 12.2 Å². The molecule has 0 fully saturated rings. The number of ether oxygens (including phenoxy) is 1. The molecule has 2 unspecified atom stereocenters. The quantitative estimate of drug-likeness (QED) is 0.777. The number of rotatable bonds is 5. The van der Waals surface area contributed by atoms with Crippen LogP contribution in [-0.4, -0.2) is 31.7 Å². The zero-order valence-corrected chi connectivity index (χ0v) is 10.6. The normalized spacial score (nSPS) is 15.1. The number of nitrogen functional groups attached to an aromatic ring is 1. The van der Waals surface area contributed by atoms with E-state index in [2.05, 4.69) is 31.9 Å². The number of nitrogens with two attached hydrogens (primary N) is 1. The van der Waals surface area contributed by atoms with Crippen molar-refractivity contribution in [2.45, 2.75) is 26.0 Å². The van der Waals surface area contributed by atoms with Crippen LogP contribution >= 0.6 is 0 Å². The molecule has 0 spiro atoms. The van der Waals surface area contributed by atoms with E-state index in [1.807, 2.05) is 18.2 Å². The third-order valence-electron chi connectivity index (χ3n) is 3.00. The molecule has 90 valence electrons. The summed E-state index contributed by atoms with van der Waals surface area (Å²) in [7, 11) is 3.84. The highest BCUT2D eigenvalue weighted by atomic mass is 16.5. The SMILES string of the molecule is COC(C)CN(C)C(C)c1cccc(N)c1. The molecule has 0 aromatic heterocycles. The zero-order chi connectivity index (χ0) is 12.1. The number of nitrogens with zero attached hydrogens (tertiary/aromatic N) is 1. The number of benzene rings is 1. The summed E-state index contributed by atoms with van der Waals surface area (Å²) in [5, 5.41) is 0. The maximum absolute atomic E-state index is 5.78. The van der Waals surface area contributed by atoms with Crippen molar-refractivity contribution in [1.82, 2.24) is 4.90 Å². The van der Waals surface area contributed by atoms with Crippen molar-refractivity contribution < 1.29 is 4.74 Å².